The Morgan fingerprint density at radius 2 is 1.67 bits per heavy atom. The zero-order valence-corrected chi connectivity index (χ0v) is 16.7. The van der Waals surface area contributed by atoms with E-state index in [4.69, 9.17) is 9.47 Å². The van der Waals surface area contributed by atoms with Gasteiger partial charge in [-0.3, -0.25) is 9.59 Å². The number of amides is 2. The van der Waals surface area contributed by atoms with Gasteiger partial charge in [0.15, 0.2) is 0 Å². The first-order valence-electron chi connectivity index (χ1n) is 9.54. The first-order chi connectivity index (χ1) is 13.1. The number of ether oxygens (including phenoxy) is 2. The zero-order chi connectivity index (χ0) is 19.0. The molecule has 1 spiro atoms. The van der Waals surface area contributed by atoms with Gasteiger partial charge in [0.2, 0.25) is 5.91 Å². The molecular formula is C20H26N2O4S. The van der Waals surface area contributed by atoms with E-state index in [1.165, 1.54) is 0 Å². The van der Waals surface area contributed by atoms with Crippen LogP contribution in [0.2, 0.25) is 0 Å². The molecule has 2 amide bonds. The lowest BCUT2D eigenvalue weighted by Crippen LogP contribution is -2.53. The summed E-state index contributed by atoms with van der Waals surface area (Å²) in [6.07, 6.45) is 3.75. The molecule has 0 atom stereocenters. The molecule has 1 aromatic rings. The van der Waals surface area contributed by atoms with Gasteiger partial charge in [0.25, 0.3) is 5.91 Å². The zero-order valence-electron chi connectivity index (χ0n) is 15.9. The van der Waals surface area contributed by atoms with Crippen molar-refractivity contribution >= 4 is 23.6 Å². The van der Waals surface area contributed by atoms with E-state index in [-0.39, 0.29) is 16.7 Å². The molecule has 146 valence electrons. The number of methoxy groups -OCH3 is 2. The van der Waals surface area contributed by atoms with Gasteiger partial charge in [-0.2, -0.15) is 0 Å². The molecule has 2 aliphatic heterocycles. The van der Waals surface area contributed by atoms with Crippen molar-refractivity contribution in [3.63, 3.8) is 0 Å². The molecule has 3 fully saturated rings. The summed E-state index contributed by atoms with van der Waals surface area (Å²) in [5, 5.41) is 0. The van der Waals surface area contributed by atoms with Crippen LogP contribution in [0.3, 0.4) is 0 Å². The normalized spacial score (nSPS) is 21.4. The molecule has 3 aliphatic rings. The average Bonchev–Trinajstić information content (AvgIpc) is 3.49. The number of hydrogen-bond donors (Lipinski definition) is 0. The Balaban J connectivity index is 1.51. The smallest absolute Gasteiger partial charge is 0.255 e. The molecule has 1 aromatic carbocycles. The Labute approximate surface area is 164 Å². The van der Waals surface area contributed by atoms with E-state index < -0.39 is 0 Å². The first kappa shape index (κ1) is 18.5. The number of nitrogens with zero attached hydrogens (tertiary/aromatic N) is 2. The third-order valence-electron chi connectivity index (χ3n) is 5.80. The van der Waals surface area contributed by atoms with Crippen molar-refractivity contribution in [1.29, 1.82) is 0 Å². The molecule has 1 aliphatic carbocycles. The van der Waals surface area contributed by atoms with Gasteiger partial charge in [-0.25, -0.2) is 0 Å². The Bertz CT molecular complexity index is 719. The van der Waals surface area contributed by atoms with Crippen LogP contribution in [0.25, 0.3) is 0 Å². The highest BCUT2D eigenvalue weighted by Crippen LogP contribution is 2.45. The van der Waals surface area contributed by atoms with Gasteiger partial charge < -0.3 is 19.3 Å². The van der Waals surface area contributed by atoms with Crippen LogP contribution in [0, 0.1) is 5.92 Å². The van der Waals surface area contributed by atoms with Crippen LogP contribution < -0.4 is 9.47 Å². The first-order valence-corrected chi connectivity index (χ1v) is 10.5. The molecule has 0 unspecified atom stereocenters. The molecule has 0 aromatic heterocycles. The fraction of sp³-hybridized carbons (Fsp3) is 0.600. The topological polar surface area (TPSA) is 59.1 Å². The fourth-order valence-electron chi connectivity index (χ4n) is 4.06. The molecule has 1 saturated carbocycles. The van der Waals surface area contributed by atoms with Crippen LogP contribution in [0.4, 0.5) is 0 Å². The Morgan fingerprint density at radius 1 is 1.04 bits per heavy atom. The highest BCUT2D eigenvalue weighted by molar-refractivity contribution is 8.00. The van der Waals surface area contributed by atoms with Crippen LogP contribution in [-0.2, 0) is 4.79 Å². The maximum Gasteiger partial charge on any atom is 0.255 e. The summed E-state index contributed by atoms with van der Waals surface area (Å²) in [7, 11) is 3.17. The lowest BCUT2D eigenvalue weighted by atomic mass is 10.0. The second kappa shape index (κ2) is 7.26. The highest BCUT2D eigenvalue weighted by Gasteiger charge is 2.48. The number of hydrogen-bond acceptors (Lipinski definition) is 5. The van der Waals surface area contributed by atoms with Gasteiger partial charge >= 0.3 is 0 Å². The minimum Gasteiger partial charge on any atom is -0.497 e. The van der Waals surface area contributed by atoms with E-state index >= 15 is 0 Å². The molecule has 0 radical (unpaired) electrons. The molecule has 2 saturated heterocycles. The third kappa shape index (κ3) is 3.49. The van der Waals surface area contributed by atoms with Gasteiger partial charge in [-0.15, -0.1) is 11.8 Å². The van der Waals surface area contributed by atoms with Gasteiger partial charge in [0, 0.05) is 42.9 Å². The van der Waals surface area contributed by atoms with E-state index in [2.05, 4.69) is 0 Å². The molecule has 0 bridgehead atoms. The van der Waals surface area contributed by atoms with Gasteiger partial charge in [0.05, 0.1) is 19.1 Å². The number of thioether (sulfide) groups is 1. The molecular weight excluding hydrogens is 364 g/mol. The summed E-state index contributed by atoms with van der Waals surface area (Å²) in [6.45, 7) is 2.22. The lowest BCUT2D eigenvalue weighted by Gasteiger charge is -2.44. The quantitative estimate of drug-likeness (QED) is 0.791. The summed E-state index contributed by atoms with van der Waals surface area (Å²) in [5.41, 5.74) is 0.588. The van der Waals surface area contributed by atoms with E-state index in [0.717, 1.165) is 51.1 Å². The lowest BCUT2D eigenvalue weighted by molar-refractivity contribution is -0.134. The van der Waals surface area contributed by atoms with Crippen LogP contribution in [0.1, 0.15) is 36.0 Å². The number of likely N-dealkylation sites (tertiary alicyclic amines) is 1. The standard InChI is InChI=1S/C20H26N2O4S/c1-25-16-11-15(12-17(13-16)26-2)19(24)22-9-10-27-20(22)5-7-21(8-6-20)18(23)14-3-4-14/h11-14H,3-10H2,1-2H3. The van der Waals surface area contributed by atoms with Gasteiger partial charge in [-0.1, -0.05) is 0 Å². The van der Waals surface area contributed by atoms with E-state index in [9.17, 15) is 9.59 Å². The van der Waals surface area contributed by atoms with Crippen molar-refractivity contribution in [2.24, 2.45) is 5.92 Å². The predicted molar refractivity (Wildman–Crippen MR) is 104 cm³/mol. The summed E-state index contributed by atoms with van der Waals surface area (Å²) in [6, 6.07) is 5.31. The number of carbonyl (C=O) groups is 2. The van der Waals surface area contributed by atoms with Crippen molar-refractivity contribution in [2.75, 3.05) is 39.6 Å². The highest BCUT2D eigenvalue weighted by atomic mass is 32.2. The van der Waals surface area contributed by atoms with Crippen LogP contribution in [0.15, 0.2) is 18.2 Å². The summed E-state index contributed by atoms with van der Waals surface area (Å²) >= 11 is 1.86. The second-order valence-electron chi connectivity index (χ2n) is 7.45. The Kier molecular flexibility index (Phi) is 4.97. The van der Waals surface area contributed by atoms with Gasteiger partial charge in [0.1, 0.15) is 11.5 Å². The molecule has 6 nitrogen and oxygen atoms in total. The van der Waals surface area contributed by atoms with Crippen molar-refractivity contribution in [1.82, 2.24) is 9.80 Å². The van der Waals surface area contributed by atoms with Crippen molar-refractivity contribution in [2.45, 2.75) is 30.6 Å². The minimum atomic E-state index is -0.201. The van der Waals surface area contributed by atoms with E-state index in [1.807, 2.05) is 21.6 Å². The molecule has 4 rings (SSSR count). The number of carbonyl (C=O) groups excluding carboxylic acids is 2. The summed E-state index contributed by atoms with van der Waals surface area (Å²) in [5.74, 6) is 2.75. The van der Waals surface area contributed by atoms with E-state index in [1.54, 1.807) is 32.4 Å². The monoisotopic (exact) mass is 390 g/mol. The van der Waals surface area contributed by atoms with Crippen LogP contribution in [0.5, 0.6) is 11.5 Å². The fourth-order valence-corrected chi connectivity index (χ4v) is 5.52. The van der Waals surface area contributed by atoms with Gasteiger partial charge in [-0.05, 0) is 37.8 Å². The summed E-state index contributed by atoms with van der Waals surface area (Å²) < 4.78 is 10.6. The van der Waals surface area contributed by atoms with Crippen molar-refractivity contribution in [3.05, 3.63) is 23.8 Å². The molecule has 0 N–H and O–H groups in total. The average molecular weight is 391 g/mol. The number of rotatable bonds is 4. The third-order valence-corrected chi connectivity index (χ3v) is 7.36. The largest absolute Gasteiger partial charge is 0.497 e. The minimum absolute atomic E-state index is 0.0131. The van der Waals surface area contributed by atoms with Crippen LogP contribution >= 0.6 is 11.8 Å². The number of piperidine rings is 1. The maximum absolute atomic E-state index is 13.3. The summed E-state index contributed by atoms with van der Waals surface area (Å²) in [4.78, 5) is 29.5. The van der Waals surface area contributed by atoms with E-state index in [0.29, 0.717) is 23.0 Å². The maximum atomic E-state index is 13.3. The van der Waals surface area contributed by atoms with Crippen molar-refractivity contribution in [3.8, 4) is 11.5 Å². The number of benzene rings is 1. The molecule has 2 heterocycles. The van der Waals surface area contributed by atoms with Crippen molar-refractivity contribution < 1.29 is 19.1 Å². The predicted octanol–water partition coefficient (Wildman–Crippen LogP) is 2.62. The SMILES string of the molecule is COc1cc(OC)cc(C(=O)N2CCSC23CCN(C(=O)C2CC2)CC3)c1. The molecule has 7 heteroatoms. The van der Waals surface area contributed by atoms with Crippen LogP contribution in [-0.4, -0.2) is 66.1 Å². The second-order valence-corrected chi connectivity index (χ2v) is 8.91. The molecule has 27 heavy (non-hydrogen) atoms. The Morgan fingerprint density at radius 3 is 2.22 bits per heavy atom. The Hall–Kier alpha value is -1.89.